The van der Waals surface area contributed by atoms with Gasteiger partial charge < -0.3 is 22.3 Å². The quantitative estimate of drug-likeness (QED) is 0.0252. The molecule has 0 fully saturated rings. The van der Waals surface area contributed by atoms with Gasteiger partial charge in [0, 0.05) is 5.69 Å². The average molecular weight is 924 g/mol. The van der Waals surface area contributed by atoms with Crippen LogP contribution in [0.1, 0.15) is 11.1 Å². The van der Waals surface area contributed by atoms with Crippen molar-refractivity contribution in [3.05, 3.63) is 108 Å². The fraction of sp³-hybridized carbons (Fsp3) is 0. The van der Waals surface area contributed by atoms with Gasteiger partial charge in [-0.05, 0) is 83.2 Å². The van der Waals surface area contributed by atoms with E-state index in [0.29, 0.717) is 17.8 Å². The summed E-state index contributed by atoms with van der Waals surface area (Å²) >= 11 is 0. The third kappa shape index (κ3) is 9.94. The molecule has 320 valence electrons. The zero-order valence-corrected chi connectivity index (χ0v) is 34.2. The third-order valence-electron chi connectivity index (χ3n) is 8.47. The lowest BCUT2D eigenvalue weighted by atomic mass is 10.1. The Bertz CT molecular complexity index is 3400. The summed E-state index contributed by atoms with van der Waals surface area (Å²) in [7, 11) is -20.5. The number of aromatic hydroxyl groups is 1. The first-order chi connectivity index (χ1) is 28.9. The number of azo groups is 3. The molecule has 0 unspecified atom stereocenters. The standard InChI is InChI=1S/C36H29N9O13S4/c37-22-10-13-27(26(38)16-22)43-41-24-11-8-19(28(17-24)59(47,48)49)6-7-20-9-12-25(18-29(20)60(50,51)52)42-44-34-30(61(53,54)55)14-21-15-31(62(56,57)58)35(36(46)32(21)33(34)39)45-40-23-4-2-1-3-5-23/h1-18,46H,37-39H2,(H,47,48,49)(H,50,51,52)(H,53,54,55)(H,56,57,58)/b7-6+,43-41?,44-42?,45-40?. The predicted molar refractivity (Wildman–Crippen MR) is 225 cm³/mol. The Morgan fingerprint density at radius 1 is 0.468 bits per heavy atom. The number of fused-ring (bicyclic) bond motifs is 1. The van der Waals surface area contributed by atoms with E-state index in [1.807, 2.05) is 0 Å². The van der Waals surface area contributed by atoms with Crippen molar-refractivity contribution in [1.29, 1.82) is 0 Å². The van der Waals surface area contributed by atoms with Crippen molar-refractivity contribution < 1.29 is 57.0 Å². The van der Waals surface area contributed by atoms with Gasteiger partial charge in [-0.15, -0.1) is 15.3 Å². The Labute approximate surface area is 351 Å². The number of phenolic OH excluding ortho intramolecular Hbond substituents is 1. The number of benzene rings is 6. The summed E-state index contributed by atoms with van der Waals surface area (Å²) in [6, 6.07) is 20.0. The van der Waals surface area contributed by atoms with Gasteiger partial charge in [-0.1, -0.05) is 42.5 Å². The number of hydrogen-bond acceptors (Lipinski definition) is 18. The molecule has 0 saturated heterocycles. The number of nitrogen functional groups attached to an aromatic ring is 3. The zero-order chi connectivity index (χ0) is 45.4. The lowest BCUT2D eigenvalue weighted by Gasteiger charge is -2.14. The second-order valence-corrected chi connectivity index (χ2v) is 18.3. The van der Waals surface area contributed by atoms with Crippen molar-refractivity contribution >= 4 is 115 Å². The molecular weight excluding hydrogens is 895 g/mol. The monoisotopic (exact) mass is 923 g/mol. The van der Waals surface area contributed by atoms with Crippen molar-refractivity contribution in [2.24, 2.45) is 30.7 Å². The Balaban J connectivity index is 1.41. The minimum Gasteiger partial charge on any atom is -0.505 e. The van der Waals surface area contributed by atoms with Crippen molar-refractivity contribution in [2.75, 3.05) is 17.2 Å². The number of rotatable bonds is 12. The molecule has 0 aliphatic carbocycles. The first kappa shape index (κ1) is 44.5. The van der Waals surface area contributed by atoms with Gasteiger partial charge in [-0.2, -0.15) is 49.0 Å². The summed E-state index contributed by atoms with van der Waals surface area (Å²) in [5, 5.41) is 33.4. The van der Waals surface area contributed by atoms with Gasteiger partial charge in [0.25, 0.3) is 40.5 Å². The van der Waals surface area contributed by atoms with Gasteiger partial charge in [0.05, 0.1) is 33.8 Å². The van der Waals surface area contributed by atoms with Gasteiger partial charge in [0.1, 0.15) is 36.6 Å². The van der Waals surface area contributed by atoms with Crippen molar-refractivity contribution in [3.63, 3.8) is 0 Å². The summed E-state index contributed by atoms with van der Waals surface area (Å²) in [4.78, 5) is -3.58. The lowest BCUT2D eigenvalue weighted by molar-refractivity contribution is 0.472. The highest BCUT2D eigenvalue weighted by Crippen LogP contribution is 2.48. The van der Waals surface area contributed by atoms with Crippen molar-refractivity contribution in [2.45, 2.75) is 19.6 Å². The van der Waals surface area contributed by atoms with E-state index in [2.05, 4.69) is 30.7 Å². The van der Waals surface area contributed by atoms with Crippen LogP contribution in [0.4, 0.5) is 51.2 Å². The van der Waals surface area contributed by atoms with E-state index in [4.69, 9.17) is 17.2 Å². The van der Waals surface area contributed by atoms with Crippen LogP contribution in [0.3, 0.4) is 0 Å². The molecule has 22 nitrogen and oxygen atoms in total. The second-order valence-electron chi connectivity index (χ2n) is 12.7. The Morgan fingerprint density at radius 3 is 1.44 bits per heavy atom. The summed E-state index contributed by atoms with van der Waals surface area (Å²) in [6.07, 6.45) is 2.16. The van der Waals surface area contributed by atoms with Crippen molar-refractivity contribution in [3.8, 4) is 5.75 Å². The minimum absolute atomic E-state index is 0.0318. The third-order valence-corrected chi connectivity index (χ3v) is 12.0. The van der Waals surface area contributed by atoms with E-state index in [1.165, 1.54) is 42.5 Å². The topological polar surface area (TPSA) is 390 Å². The molecule has 0 bridgehead atoms. The number of nitrogens with two attached hydrogens (primary N) is 3. The Kier molecular flexibility index (Phi) is 12.0. The highest BCUT2D eigenvalue weighted by Gasteiger charge is 2.28. The molecule has 0 saturated carbocycles. The maximum absolute atomic E-state index is 12.5. The summed E-state index contributed by atoms with van der Waals surface area (Å²) in [5.41, 5.74) is 15.5. The van der Waals surface area contributed by atoms with E-state index in [9.17, 15) is 57.0 Å². The molecule has 0 aromatic heterocycles. The maximum atomic E-state index is 12.5. The Hall–Kier alpha value is -7.04. The van der Waals surface area contributed by atoms with E-state index < -0.39 is 93.6 Å². The van der Waals surface area contributed by atoms with Crippen LogP contribution in [0.2, 0.25) is 0 Å². The molecule has 0 aliphatic rings. The van der Waals surface area contributed by atoms with E-state index in [1.54, 1.807) is 18.2 Å². The number of hydrogen-bond donors (Lipinski definition) is 8. The largest absolute Gasteiger partial charge is 0.505 e. The highest BCUT2D eigenvalue weighted by molar-refractivity contribution is 7.86. The highest BCUT2D eigenvalue weighted by atomic mass is 32.2. The van der Waals surface area contributed by atoms with Crippen LogP contribution in [0, 0.1) is 0 Å². The maximum Gasteiger partial charge on any atom is 0.296 e. The molecule has 0 spiro atoms. The lowest BCUT2D eigenvalue weighted by Crippen LogP contribution is -2.03. The predicted octanol–water partition coefficient (Wildman–Crippen LogP) is 7.70. The van der Waals surface area contributed by atoms with Gasteiger partial charge in [0.2, 0.25) is 0 Å². The summed E-state index contributed by atoms with van der Waals surface area (Å²) in [5.74, 6) is -1.02. The fourth-order valence-electron chi connectivity index (χ4n) is 5.66. The minimum atomic E-state index is -5.27. The molecule has 26 heteroatoms. The molecule has 0 heterocycles. The molecule has 6 rings (SSSR count). The van der Waals surface area contributed by atoms with Crippen LogP contribution >= 0.6 is 0 Å². The van der Waals surface area contributed by atoms with Crippen LogP contribution in [-0.4, -0.2) is 57.0 Å². The molecule has 6 aromatic rings. The normalized spacial score (nSPS) is 13.0. The second kappa shape index (κ2) is 16.8. The molecule has 0 atom stereocenters. The zero-order valence-electron chi connectivity index (χ0n) is 30.9. The van der Waals surface area contributed by atoms with Crippen LogP contribution in [0.25, 0.3) is 22.9 Å². The van der Waals surface area contributed by atoms with Crippen LogP contribution in [-0.2, 0) is 40.5 Å². The molecule has 0 aliphatic heterocycles. The average Bonchev–Trinajstić information content (AvgIpc) is 3.18. The van der Waals surface area contributed by atoms with Gasteiger partial charge in [0.15, 0.2) is 5.75 Å². The molecule has 62 heavy (non-hydrogen) atoms. The number of anilines is 3. The van der Waals surface area contributed by atoms with E-state index >= 15 is 0 Å². The van der Waals surface area contributed by atoms with Crippen LogP contribution in [0.5, 0.6) is 5.75 Å². The first-order valence-corrected chi connectivity index (χ1v) is 22.6. The fourth-order valence-corrected chi connectivity index (χ4v) is 8.40. The molecule has 11 N–H and O–H groups in total. The summed E-state index contributed by atoms with van der Waals surface area (Å²) < 4.78 is 140. The van der Waals surface area contributed by atoms with Crippen LogP contribution in [0.15, 0.2) is 147 Å². The van der Waals surface area contributed by atoms with Gasteiger partial charge in [-0.3, -0.25) is 18.2 Å². The van der Waals surface area contributed by atoms with E-state index in [0.717, 1.165) is 36.4 Å². The van der Waals surface area contributed by atoms with Crippen LogP contribution < -0.4 is 17.2 Å². The molecular formula is C36H29N9O13S4. The molecule has 6 aromatic carbocycles. The first-order valence-electron chi connectivity index (χ1n) is 16.9. The van der Waals surface area contributed by atoms with Gasteiger partial charge in [-0.25, -0.2) is 0 Å². The number of nitrogens with zero attached hydrogens (tertiary/aromatic N) is 6. The van der Waals surface area contributed by atoms with Gasteiger partial charge >= 0.3 is 0 Å². The number of phenols is 1. The Morgan fingerprint density at radius 2 is 0.935 bits per heavy atom. The van der Waals surface area contributed by atoms with Crippen molar-refractivity contribution in [1.82, 2.24) is 0 Å². The smallest absolute Gasteiger partial charge is 0.296 e. The van der Waals surface area contributed by atoms with E-state index in [-0.39, 0.29) is 39.6 Å². The molecule has 0 amide bonds. The summed E-state index contributed by atoms with van der Waals surface area (Å²) in [6.45, 7) is 0. The molecule has 0 radical (unpaired) electrons. The SMILES string of the molecule is Nc1ccc(N=Nc2ccc(/C=C/c3ccc(N=Nc4c(S(=O)(=O)O)cc5cc(S(=O)(=O)O)c(N=Nc6ccccc6)c(O)c5c4N)cc3S(=O)(=O)O)c(S(=O)(=O)O)c2)c(N)c1.